The maximum absolute atomic E-state index is 14.1. The summed E-state index contributed by atoms with van der Waals surface area (Å²) in [5.74, 6) is -1.43. The number of aliphatic carboxylic acids is 1. The molecule has 3 rings (SSSR count). The lowest BCUT2D eigenvalue weighted by Gasteiger charge is -2.41. The molecule has 3 unspecified atom stereocenters. The third-order valence-corrected chi connectivity index (χ3v) is 8.90. The SMILES string of the molecule is CCC(c1ccc(C(=O)NCCC(=O)O)cc1)N1C(=O)C(c2ccc(F)c(C)c2)=NC1(C)CCC(C)C(C)(C)CC. The first-order chi connectivity index (χ1) is 19.2. The molecule has 0 saturated carbocycles. The molecule has 0 bridgehead atoms. The maximum atomic E-state index is 14.1. The van der Waals surface area contributed by atoms with E-state index in [9.17, 15) is 18.8 Å². The van der Waals surface area contributed by atoms with Crippen LogP contribution in [0, 0.1) is 24.1 Å². The largest absolute Gasteiger partial charge is 0.481 e. The molecule has 0 radical (unpaired) electrons. The highest BCUT2D eigenvalue weighted by molar-refractivity contribution is 6.46. The van der Waals surface area contributed by atoms with Crippen LogP contribution < -0.4 is 5.32 Å². The van der Waals surface area contributed by atoms with E-state index in [1.807, 2.05) is 30.9 Å². The van der Waals surface area contributed by atoms with Crippen LogP contribution in [0.2, 0.25) is 0 Å². The predicted octanol–water partition coefficient (Wildman–Crippen LogP) is 6.69. The molecule has 2 aromatic rings. The fourth-order valence-corrected chi connectivity index (χ4v) is 5.35. The molecule has 3 atom stereocenters. The number of halogens is 1. The average molecular weight is 566 g/mol. The Kier molecular flexibility index (Phi) is 10.1. The monoisotopic (exact) mass is 565 g/mol. The van der Waals surface area contributed by atoms with Crippen LogP contribution in [0.25, 0.3) is 0 Å². The second-order valence-electron chi connectivity index (χ2n) is 12.0. The van der Waals surface area contributed by atoms with E-state index in [4.69, 9.17) is 10.1 Å². The van der Waals surface area contributed by atoms with Gasteiger partial charge in [0, 0.05) is 17.7 Å². The lowest BCUT2D eigenvalue weighted by atomic mass is 9.75. The Labute approximate surface area is 243 Å². The topological polar surface area (TPSA) is 99.1 Å². The number of nitrogens with one attached hydrogen (secondary N) is 1. The number of carbonyl (C=O) groups is 3. The Morgan fingerprint density at radius 3 is 2.37 bits per heavy atom. The Balaban J connectivity index is 1.96. The minimum absolute atomic E-state index is 0.0460. The number of aliphatic imine (C=N–C) groups is 1. The van der Waals surface area contributed by atoms with Crippen molar-refractivity contribution in [1.29, 1.82) is 0 Å². The molecular formula is C33H44FN3O4. The van der Waals surface area contributed by atoms with Crippen molar-refractivity contribution >= 4 is 23.5 Å². The van der Waals surface area contributed by atoms with Gasteiger partial charge in [0.25, 0.3) is 11.8 Å². The normalized spacial score (nSPS) is 18.7. The van der Waals surface area contributed by atoms with Crippen molar-refractivity contribution in [3.63, 3.8) is 0 Å². The van der Waals surface area contributed by atoms with Crippen LogP contribution in [0.15, 0.2) is 47.5 Å². The molecular weight excluding hydrogens is 521 g/mol. The van der Waals surface area contributed by atoms with Gasteiger partial charge in [-0.2, -0.15) is 0 Å². The van der Waals surface area contributed by atoms with E-state index in [0.717, 1.165) is 18.4 Å². The summed E-state index contributed by atoms with van der Waals surface area (Å²) in [6.45, 7) is 14.7. The van der Waals surface area contributed by atoms with Gasteiger partial charge in [-0.25, -0.2) is 4.39 Å². The number of carboxylic acid groups (broad SMARTS) is 1. The van der Waals surface area contributed by atoms with Gasteiger partial charge in [0.2, 0.25) is 0 Å². The quantitative estimate of drug-likeness (QED) is 0.283. The zero-order valence-corrected chi connectivity index (χ0v) is 25.4. The summed E-state index contributed by atoms with van der Waals surface area (Å²) in [7, 11) is 0. The molecule has 7 nitrogen and oxygen atoms in total. The molecule has 0 spiro atoms. The molecule has 41 heavy (non-hydrogen) atoms. The minimum atomic E-state index is -0.977. The van der Waals surface area contributed by atoms with Gasteiger partial charge in [0.1, 0.15) is 17.2 Å². The summed E-state index contributed by atoms with van der Waals surface area (Å²) in [6, 6.07) is 11.5. The first-order valence-corrected chi connectivity index (χ1v) is 14.5. The highest BCUT2D eigenvalue weighted by Gasteiger charge is 2.47. The molecule has 1 aliphatic heterocycles. The van der Waals surface area contributed by atoms with Gasteiger partial charge < -0.3 is 15.3 Å². The smallest absolute Gasteiger partial charge is 0.305 e. The van der Waals surface area contributed by atoms with Gasteiger partial charge in [-0.15, -0.1) is 0 Å². The first kappa shape index (κ1) is 32.0. The highest BCUT2D eigenvalue weighted by Crippen LogP contribution is 2.42. The molecule has 2 amide bonds. The summed E-state index contributed by atoms with van der Waals surface area (Å²) in [4.78, 5) is 44.3. The molecule has 1 heterocycles. The summed E-state index contributed by atoms with van der Waals surface area (Å²) >= 11 is 0. The van der Waals surface area contributed by atoms with Crippen molar-refractivity contribution in [3.05, 3.63) is 70.5 Å². The Bertz CT molecular complexity index is 1300. The van der Waals surface area contributed by atoms with E-state index in [1.54, 1.807) is 31.2 Å². The zero-order valence-electron chi connectivity index (χ0n) is 25.4. The third-order valence-electron chi connectivity index (χ3n) is 8.90. The molecule has 2 aromatic carbocycles. The molecule has 0 aliphatic carbocycles. The van der Waals surface area contributed by atoms with E-state index >= 15 is 0 Å². The number of rotatable bonds is 13. The average Bonchev–Trinajstić information content (AvgIpc) is 3.19. The van der Waals surface area contributed by atoms with Crippen LogP contribution in [-0.4, -0.2) is 45.7 Å². The number of hydrogen-bond donors (Lipinski definition) is 2. The van der Waals surface area contributed by atoms with Crippen LogP contribution in [0.1, 0.15) is 107 Å². The van der Waals surface area contributed by atoms with Crippen LogP contribution >= 0.6 is 0 Å². The Morgan fingerprint density at radius 1 is 1.15 bits per heavy atom. The van der Waals surface area contributed by atoms with Crippen molar-refractivity contribution in [2.24, 2.45) is 16.3 Å². The van der Waals surface area contributed by atoms with E-state index in [0.29, 0.717) is 41.2 Å². The van der Waals surface area contributed by atoms with Gasteiger partial charge >= 0.3 is 5.97 Å². The van der Waals surface area contributed by atoms with Gasteiger partial charge in [0.15, 0.2) is 0 Å². The van der Waals surface area contributed by atoms with Gasteiger partial charge in [-0.3, -0.25) is 19.4 Å². The summed E-state index contributed by atoms with van der Waals surface area (Å²) in [5, 5.41) is 11.4. The fraction of sp³-hybridized carbons (Fsp3) is 0.515. The minimum Gasteiger partial charge on any atom is -0.481 e. The van der Waals surface area contributed by atoms with Crippen LogP contribution in [0.5, 0.6) is 0 Å². The number of benzene rings is 2. The van der Waals surface area contributed by atoms with Crippen LogP contribution in [0.3, 0.4) is 0 Å². The molecule has 0 aromatic heterocycles. The summed E-state index contributed by atoms with van der Waals surface area (Å²) < 4.78 is 14.1. The lowest BCUT2D eigenvalue weighted by Crippen LogP contribution is -2.47. The lowest BCUT2D eigenvalue weighted by molar-refractivity contribution is -0.137. The molecule has 2 N–H and O–H groups in total. The van der Waals surface area contributed by atoms with Crippen LogP contribution in [0.4, 0.5) is 4.39 Å². The van der Waals surface area contributed by atoms with Crippen molar-refractivity contribution in [3.8, 4) is 0 Å². The predicted molar refractivity (Wildman–Crippen MR) is 159 cm³/mol. The van der Waals surface area contributed by atoms with E-state index in [-0.39, 0.29) is 42.1 Å². The number of carbonyl (C=O) groups excluding carboxylic acids is 2. The van der Waals surface area contributed by atoms with E-state index in [2.05, 4.69) is 33.0 Å². The molecule has 222 valence electrons. The van der Waals surface area contributed by atoms with Crippen molar-refractivity contribution in [2.75, 3.05) is 6.54 Å². The van der Waals surface area contributed by atoms with E-state index in [1.165, 1.54) is 6.07 Å². The van der Waals surface area contributed by atoms with Crippen molar-refractivity contribution < 1.29 is 23.9 Å². The Hall–Kier alpha value is -3.55. The van der Waals surface area contributed by atoms with Gasteiger partial charge in [0.05, 0.1) is 12.5 Å². The number of hydrogen-bond acceptors (Lipinski definition) is 4. The maximum Gasteiger partial charge on any atom is 0.305 e. The number of carboxylic acids is 1. The molecule has 1 aliphatic rings. The van der Waals surface area contributed by atoms with Gasteiger partial charge in [-0.05, 0) is 85.9 Å². The standard InChI is InChI=1S/C33H44FN3O4/c1-8-27(23-10-12-24(13-11-23)30(40)35-19-17-28(38)39)37-31(41)29(25-14-15-26(34)21(3)20-25)36-33(37,7)18-16-22(4)32(5,6)9-2/h10-15,20,22,27H,8-9,16-19H2,1-7H3,(H,35,40)(H,38,39). The van der Waals surface area contributed by atoms with Crippen molar-refractivity contribution in [2.45, 2.75) is 92.3 Å². The second kappa shape index (κ2) is 13.0. The Morgan fingerprint density at radius 2 is 1.80 bits per heavy atom. The fourth-order valence-electron chi connectivity index (χ4n) is 5.35. The third kappa shape index (κ3) is 7.21. The summed E-state index contributed by atoms with van der Waals surface area (Å²) in [6.07, 6.45) is 3.08. The first-order valence-electron chi connectivity index (χ1n) is 14.5. The molecule has 0 saturated heterocycles. The number of amides is 2. The van der Waals surface area contributed by atoms with Crippen molar-refractivity contribution in [1.82, 2.24) is 10.2 Å². The van der Waals surface area contributed by atoms with Gasteiger partial charge in [-0.1, -0.05) is 53.2 Å². The zero-order chi connectivity index (χ0) is 30.5. The second-order valence-corrected chi connectivity index (χ2v) is 12.0. The van der Waals surface area contributed by atoms with Crippen LogP contribution in [-0.2, 0) is 9.59 Å². The summed E-state index contributed by atoms with van der Waals surface area (Å²) in [5.41, 5.74) is 2.04. The number of aryl methyl sites for hydroxylation is 1. The molecule has 0 fully saturated rings. The number of nitrogens with zero attached hydrogens (tertiary/aromatic N) is 2. The molecule has 8 heteroatoms. The highest BCUT2D eigenvalue weighted by atomic mass is 19.1. The van der Waals surface area contributed by atoms with E-state index < -0.39 is 11.6 Å².